The first-order valence-electron chi connectivity index (χ1n) is 9.25. The third kappa shape index (κ3) is 3.69. The van der Waals surface area contributed by atoms with Gasteiger partial charge in [-0.05, 0) is 37.3 Å². The van der Waals surface area contributed by atoms with E-state index in [2.05, 4.69) is 10.4 Å². The minimum absolute atomic E-state index is 0.171. The number of methoxy groups -OCH3 is 1. The lowest BCUT2D eigenvalue weighted by Crippen LogP contribution is -2.11. The number of para-hydroxylation sites is 2. The lowest BCUT2D eigenvalue weighted by Gasteiger charge is -2.10. The predicted molar refractivity (Wildman–Crippen MR) is 116 cm³/mol. The van der Waals surface area contributed by atoms with E-state index in [1.54, 1.807) is 11.8 Å². The van der Waals surface area contributed by atoms with E-state index in [0.29, 0.717) is 22.9 Å². The fourth-order valence-electron chi connectivity index (χ4n) is 3.17. The van der Waals surface area contributed by atoms with Crippen LogP contribution >= 0.6 is 11.3 Å². The summed E-state index contributed by atoms with van der Waals surface area (Å²) in [6.07, 6.45) is 0. The minimum atomic E-state index is -0.171. The van der Waals surface area contributed by atoms with Crippen molar-refractivity contribution < 1.29 is 14.3 Å². The Balaban J connectivity index is 1.68. The lowest BCUT2D eigenvalue weighted by molar-refractivity contribution is 0.103. The van der Waals surface area contributed by atoms with Crippen molar-refractivity contribution >= 4 is 33.1 Å². The van der Waals surface area contributed by atoms with Crippen LogP contribution in [0.1, 0.15) is 16.6 Å². The zero-order valence-electron chi connectivity index (χ0n) is 16.4. The van der Waals surface area contributed by atoms with Gasteiger partial charge < -0.3 is 14.8 Å². The fourth-order valence-corrected chi connectivity index (χ4v) is 4.14. The molecule has 0 aliphatic rings. The van der Waals surface area contributed by atoms with E-state index in [1.807, 2.05) is 68.6 Å². The molecule has 6 nitrogen and oxygen atoms in total. The molecule has 1 amide bonds. The number of carbonyl (C=O) groups is 1. The molecule has 29 heavy (non-hydrogen) atoms. The maximum Gasteiger partial charge on any atom is 0.265 e. The maximum atomic E-state index is 12.9. The number of anilines is 1. The molecular weight excluding hydrogens is 386 g/mol. The van der Waals surface area contributed by atoms with Crippen molar-refractivity contribution in [3.05, 3.63) is 59.5 Å². The van der Waals surface area contributed by atoms with Crippen LogP contribution in [0.5, 0.6) is 11.5 Å². The van der Waals surface area contributed by atoms with E-state index in [1.165, 1.54) is 11.3 Å². The zero-order valence-corrected chi connectivity index (χ0v) is 17.2. The van der Waals surface area contributed by atoms with Crippen molar-refractivity contribution in [2.75, 3.05) is 19.0 Å². The number of aromatic nitrogens is 2. The molecule has 0 aliphatic heterocycles. The van der Waals surface area contributed by atoms with Crippen molar-refractivity contribution in [1.82, 2.24) is 9.78 Å². The number of nitrogens with zero attached hydrogens (tertiary/aromatic N) is 2. The molecule has 7 heteroatoms. The van der Waals surface area contributed by atoms with Crippen LogP contribution in [0.15, 0.2) is 54.6 Å². The molecule has 0 aliphatic carbocycles. The number of carbonyl (C=O) groups excluding carboxylic acids is 1. The van der Waals surface area contributed by atoms with Crippen LogP contribution in [0, 0.1) is 0 Å². The minimum Gasteiger partial charge on any atom is -0.497 e. The van der Waals surface area contributed by atoms with Crippen LogP contribution in [0.25, 0.3) is 21.5 Å². The first-order valence-corrected chi connectivity index (χ1v) is 10.1. The second-order valence-corrected chi connectivity index (χ2v) is 7.45. The largest absolute Gasteiger partial charge is 0.497 e. The molecule has 0 fully saturated rings. The van der Waals surface area contributed by atoms with E-state index >= 15 is 0 Å². The third-order valence-electron chi connectivity index (χ3n) is 4.51. The van der Waals surface area contributed by atoms with E-state index in [9.17, 15) is 4.79 Å². The first-order chi connectivity index (χ1) is 14.1. The predicted octanol–water partition coefficient (Wildman–Crippen LogP) is 4.96. The molecular formula is C22H21N3O3S. The van der Waals surface area contributed by atoms with Crippen LogP contribution in [0.4, 0.5) is 5.69 Å². The van der Waals surface area contributed by atoms with Gasteiger partial charge in [-0.3, -0.25) is 9.48 Å². The summed E-state index contributed by atoms with van der Waals surface area (Å²) < 4.78 is 12.7. The van der Waals surface area contributed by atoms with Gasteiger partial charge in [-0.1, -0.05) is 24.3 Å². The van der Waals surface area contributed by atoms with E-state index < -0.39 is 0 Å². The Morgan fingerprint density at radius 2 is 2.00 bits per heavy atom. The van der Waals surface area contributed by atoms with Crippen LogP contribution < -0.4 is 14.8 Å². The number of hydrogen-bond donors (Lipinski definition) is 1. The number of nitrogens with one attached hydrogen (secondary N) is 1. The van der Waals surface area contributed by atoms with Gasteiger partial charge in [0.05, 0.1) is 24.3 Å². The molecule has 1 N–H and O–H groups in total. The van der Waals surface area contributed by atoms with Crippen molar-refractivity contribution in [2.45, 2.75) is 6.92 Å². The summed E-state index contributed by atoms with van der Waals surface area (Å²) in [5.74, 6) is 1.25. The molecule has 0 saturated heterocycles. The smallest absolute Gasteiger partial charge is 0.265 e. The van der Waals surface area contributed by atoms with Gasteiger partial charge in [-0.2, -0.15) is 5.10 Å². The number of benzene rings is 2. The maximum absolute atomic E-state index is 12.9. The van der Waals surface area contributed by atoms with Gasteiger partial charge in [0.15, 0.2) is 0 Å². The van der Waals surface area contributed by atoms with Crippen LogP contribution in [0.2, 0.25) is 0 Å². The highest BCUT2D eigenvalue weighted by molar-refractivity contribution is 7.20. The molecule has 2 aromatic heterocycles. The quantitative estimate of drug-likeness (QED) is 0.491. The molecule has 0 radical (unpaired) electrons. The molecule has 148 valence electrons. The zero-order chi connectivity index (χ0) is 20.4. The van der Waals surface area contributed by atoms with Crippen molar-refractivity contribution in [3.8, 4) is 22.8 Å². The summed E-state index contributed by atoms with van der Waals surface area (Å²) in [4.78, 5) is 14.4. The molecule has 0 spiro atoms. The number of thiophene rings is 1. The third-order valence-corrected chi connectivity index (χ3v) is 5.71. The average molecular weight is 407 g/mol. The van der Waals surface area contributed by atoms with Crippen LogP contribution in [0.3, 0.4) is 0 Å². The number of hydrogen-bond acceptors (Lipinski definition) is 5. The molecule has 4 aromatic rings. The number of rotatable bonds is 6. The highest BCUT2D eigenvalue weighted by Crippen LogP contribution is 2.35. The SMILES string of the molecule is CCOc1ccccc1NC(=O)c1cc2c(-c3cccc(OC)c3)nn(C)c2s1. The summed E-state index contributed by atoms with van der Waals surface area (Å²) in [5.41, 5.74) is 2.43. The Labute approximate surface area is 172 Å². The summed E-state index contributed by atoms with van der Waals surface area (Å²) in [6.45, 7) is 2.45. The van der Waals surface area contributed by atoms with Crippen LogP contribution in [-0.4, -0.2) is 29.4 Å². The Kier molecular flexibility index (Phi) is 5.22. The van der Waals surface area contributed by atoms with E-state index in [0.717, 1.165) is 27.2 Å². The number of ether oxygens (including phenoxy) is 2. The van der Waals surface area contributed by atoms with E-state index in [4.69, 9.17) is 9.47 Å². The van der Waals surface area contributed by atoms with Gasteiger partial charge in [-0.25, -0.2) is 0 Å². The topological polar surface area (TPSA) is 65.4 Å². The van der Waals surface area contributed by atoms with Crippen molar-refractivity contribution in [1.29, 1.82) is 0 Å². The summed E-state index contributed by atoms with van der Waals surface area (Å²) in [5, 5.41) is 8.53. The molecule has 0 saturated carbocycles. The molecule has 0 unspecified atom stereocenters. The summed E-state index contributed by atoms with van der Waals surface area (Å²) in [7, 11) is 3.52. The molecule has 2 aromatic carbocycles. The van der Waals surface area contributed by atoms with Crippen molar-refractivity contribution in [3.63, 3.8) is 0 Å². The second kappa shape index (κ2) is 7.97. The number of fused-ring (bicyclic) bond motifs is 1. The number of amides is 1. The number of aryl methyl sites for hydroxylation is 1. The van der Waals surface area contributed by atoms with E-state index in [-0.39, 0.29) is 5.91 Å². The Morgan fingerprint density at radius 1 is 1.17 bits per heavy atom. The van der Waals surface area contributed by atoms with Gasteiger partial charge in [0.1, 0.15) is 22.0 Å². The van der Waals surface area contributed by atoms with Gasteiger partial charge in [0.2, 0.25) is 0 Å². The first kappa shape index (κ1) is 19.0. The highest BCUT2D eigenvalue weighted by Gasteiger charge is 2.19. The Hall–Kier alpha value is -3.32. The standard InChI is InChI=1S/C22H21N3O3S/c1-4-28-18-11-6-5-10-17(18)23-21(26)19-13-16-20(24-25(2)22(16)29-19)14-8-7-9-15(12-14)27-3/h5-13H,4H2,1-3H3,(H,23,26). The highest BCUT2D eigenvalue weighted by atomic mass is 32.1. The summed E-state index contributed by atoms with van der Waals surface area (Å²) in [6, 6.07) is 17.1. The summed E-state index contributed by atoms with van der Waals surface area (Å²) >= 11 is 1.41. The molecule has 2 heterocycles. The van der Waals surface area contributed by atoms with Gasteiger partial charge in [0.25, 0.3) is 5.91 Å². The van der Waals surface area contributed by atoms with Gasteiger partial charge in [-0.15, -0.1) is 11.3 Å². The second-order valence-electron chi connectivity index (χ2n) is 6.42. The Bertz CT molecular complexity index is 1180. The van der Waals surface area contributed by atoms with Gasteiger partial charge >= 0.3 is 0 Å². The molecule has 0 bridgehead atoms. The lowest BCUT2D eigenvalue weighted by atomic mass is 10.1. The fraction of sp³-hybridized carbons (Fsp3) is 0.182. The van der Waals surface area contributed by atoms with Gasteiger partial charge in [0, 0.05) is 18.0 Å². The van der Waals surface area contributed by atoms with Crippen LogP contribution in [-0.2, 0) is 7.05 Å². The van der Waals surface area contributed by atoms with Crippen molar-refractivity contribution in [2.24, 2.45) is 7.05 Å². The Morgan fingerprint density at radius 3 is 2.79 bits per heavy atom. The molecule has 4 rings (SSSR count). The molecule has 0 atom stereocenters. The normalized spacial score (nSPS) is 10.9. The monoisotopic (exact) mass is 407 g/mol. The average Bonchev–Trinajstić information content (AvgIpc) is 3.30.